The summed E-state index contributed by atoms with van der Waals surface area (Å²) in [5.41, 5.74) is 2.92. The molecule has 3 amide bonds. The predicted octanol–water partition coefficient (Wildman–Crippen LogP) is 6.28. The van der Waals surface area contributed by atoms with Crippen LogP contribution < -0.4 is 15.1 Å². The Labute approximate surface area is 312 Å². The molecule has 2 aromatic rings. The predicted molar refractivity (Wildman–Crippen MR) is 208 cm³/mol. The molecule has 4 fully saturated rings. The Morgan fingerprint density at radius 3 is 1.49 bits per heavy atom. The zero-order chi connectivity index (χ0) is 37.4. The van der Waals surface area contributed by atoms with Gasteiger partial charge in [-0.2, -0.15) is 0 Å². The maximum atomic E-state index is 13.2. The van der Waals surface area contributed by atoms with Crippen molar-refractivity contribution in [3.05, 3.63) is 70.4 Å². The first-order valence-corrected chi connectivity index (χ1v) is 18.2. The van der Waals surface area contributed by atoms with Crippen LogP contribution in [0.1, 0.15) is 71.4 Å². The molecular weight excluding hydrogens is 681 g/mol. The summed E-state index contributed by atoms with van der Waals surface area (Å²) in [7, 11) is 0. The summed E-state index contributed by atoms with van der Waals surface area (Å²) in [6.07, 6.45) is 3.56. The second kappa shape index (κ2) is 14.7. The molecule has 4 aliphatic rings. The summed E-state index contributed by atoms with van der Waals surface area (Å²) < 4.78 is 0. The van der Waals surface area contributed by atoms with Crippen molar-refractivity contribution in [3.8, 4) is 0 Å². The van der Waals surface area contributed by atoms with Crippen LogP contribution in [-0.2, 0) is 14.4 Å². The number of nitrogens with one attached hydrogen (secondary N) is 1. The molecule has 0 aliphatic carbocycles. The standard InChI is InChI=1S/C20H24N4O2S.C18H22N4OS/c1-13-12-16(6-7-17(13)21-5)23-18(26)20(3,4)24(19(23)27)15-8-10-22(11-9-15)14(2)25;1-12-11-14(5-6-15(12)19-4)21-16(23)18(2,3)22(17(21)24)13-7-9-20-10-8-13/h6-7,12,15H,8-11H2,1-4H3;5-6,11,13,20H,7-10H2,1-3H3. The van der Waals surface area contributed by atoms with Gasteiger partial charge >= 0.3 is 0 Å². The van der Waals surface area contributed by atoms with E-state index in [0.717, 1.165) is 55.6 Å². The minimum absolute atomic E-state index is 0.000921. The van der Waals surface area contributed by atoms with E-state index < -0.39 is 11.1 Å². The van der Waals surface area contributed by atoms with Crippen molar-refractivity contribution in [2.75, 3.05) is 36.0 Å². The first-order chi connectivity index (χ1) is 24.1. The van der Waals surface area contributed by atoms with Crippen LogP contribution in [-0.4, -0.2) is 92.0 Å². The molecule has 0 spiro atoms. The second-order valence-electron chi connectivity index (χ2n) is 14.6. The van der Waals surface area contributed by atoms with Gasteiger partial charge in [0.1, 0.15) is 11.1 Å². The minimum Gasteiger partial charge on any atom is -0.343 e. The van der Waals surface area contributed by atoms with E-state index >= 15 is 0 Å². The molecule has 4 aliphatic heterocycles. The summed E-state index contributed by atoms with van der Waals surface area (Å²) in [5.74, 6) is 0.0299. The maximum absolute atomic E-state index is 13.2. The van der Waals surface area contributed by atoms with Gasteiger partial charge in [-0.3, -0.25) is 24.2 Å². The molecule has 4 heterocycles. The summed E-state index contributed by atoms with van der Waals surface area (Å²) in [5, 5.41) is 4.43. The molecule has 2 aromatic carbocycles. The Bertz CT molecular complexity index is 1850. The lowest BCUT2D eigenvalue weighted by molar-refractivity contribution is -0.131. The van der Waals surface area contributed by atoms with Gasteiger partial charge in [-0.15, -0.1) is 0 Å². The molecule has 0 atom stereocenters. The van der Waals surface area contributed by atoms with E-state index in [2.05, 4.69) is 19.9 Å². The molecule has 0 aromatic heterocycles. The Morgan fingerprint density at radius 2 is 1.14 bits per heavy atom. The SMILES string of the molecule is [C-]#[N+]c1ccc(N2C(=O)C(C)(C)N(C3CCN(C(C)=O)CC3)C2=S)cc1C.[C-]#[N+]c1ccc(N2C(=O)C(C)(C)N(C3CCNCC3)C2=S)cc1C. The molecule has 6 rings (SSSR count). The Hall–Kier alpha value is -4.43. The van der Waals surface area contributed by atoms with E-state index in [1.807, 2.05) is 69.5 Å². The van der Waals surface area contributed by atoms with Crippen LogP contribution in [0.2, 0.25) is 0 Å². The van der Waals surface area contributed by atoms with Crippen molar-refractivity contribution in [2.24, 2.45) is 0 Å². The largest absolute Gasteiger partial charge is 0.343 e. The van der Waals surface area contributed by atoms with Crippen molar-refractivity contribution in [1.29, 1.82) is 0 Å². The third-order valence-electron chi connectivity index (χ3n) is 10.5. The molecule has 11 nitrogen and oxygen atoms in total. The van der Waals surface area contributed by atoms with Gasteiger partial charge < -0.3 is 20.0 Å². The van der Waals surface area contributed by atoms with Crippen LogP contribution in [0.25, 0.3) is 9.69 Å². The minimum atomic E-state index is -0.744. The van der Waals surface area contributed by atoms with Gasteiger partial charge in [-0.05, 0) is 140 Å². The first-order valence-electron chi connectivity index (χ1n) is 17.3. The van der Waals surface area contributed by atoms with Crippen molar-refractivity contribution in [3.63, 3.8) is 0 Å². The Kier molecular flexibility index (Phi) is 10.9. The normalized spacial score (nSPS) is 20.7. The number of hydrogen-bond donors (Lipinski definition) is 1. The fourth-order valence-electron chi connectivity index (χ4n) is 7.61. The number of anilines is 2. The highest BCUT2D eigenvalue weighted by molar-refractivity contribution is 7.80. The Balaban J connectivity index is 0.000000199. The van der Waals surface area contributed by atoms with Gasteiger partial charge in [0.15, 0.2) is 21.6 Å². The third-order valence-corrected chi connectivity index (χ3v) is 11.3. The number of carbonyl (C=O) groups excluding carboxylic acids is 3. The third kappa shape index (κ3) is 6.95. The zero-order valence-electron chi connectivity index (χ0n) is 30.4. The molecular formula is C38H46N8O3S2. The lowest BCUT2D eigenvalue weighted by Gasteiger charge is -2.41. The second-order valence-corrected chi connectivity index (χ2v) is 15.3. The van der Waals surface area contributed by atoms with Crippen molar-refractivity contribution >= 4 is 75.1 Å². The number of thiocarbonyl (C=S) groups is 2. The van der Waals surface area contributed by atoms with E-state index in [1.54, 1.807) is 34.9 Å². The van der Waals surface area contributed by atoms with Crippen molar-refractivity contribution in [2.45, 2.75) is 97.3 Å². The van der Waals surface area contributed by atoms with Crippen LogP contribution >= 0.6 is 24.4 Å². The summed E-state index contributed by atoms with van der Waals surface area (Å²) in [6, 6.07) is 11.2. The molecule has 0 bridgehead atoms. The quantitative estimate of drug-likeness (QED) is 0.291. The number of aryl methyl sites for hydroxylation is 2. The number of rotatable bonds is 4. The lowest BCUT2D eigenvalue weighted by Crippen LogP contribution is -2.54. The van der Waals surface area contributed by atoms with Gasteiger partial charge in [0, 0.05) is 43.5 Å². The molecule has 0 unspecified atom stereocenters. The summed E-state index contributed by atoms with van der Waals surface area (Å²) in [4.78, 5) is 54.1. The highest BCUT2D eigenvalue weighted by Gasteiger charge is 2.53. The van der Waals surface area contributed by atoms with Crippen LogP contribution in [0.3, 0.4) is 0 Å². The smallest absolute Gasteiger partial charge is 0.258 e. The fraction of sp³-hybridized carbons (Fsp3) is 0.500. The highest BCUT2D eigenvalue weighted by Crippen LogP contribution is 2.39. The van der Waals surface area contributed by atoms with Crippen LogP contribution in [0, 0.1) is 27.0 Å². The van der Waals surface area contributed by atoms with E-state index in [1.165, 1.54) is 0 Å². The van der Waals surface area contributed by atoms with E-state index in [9.17, 15) is 14.4 Å². The average Bonchev–Trinajstić information content (AvgIpc) is 3.39. The van der Waals surface area contributed by atoms with Gasteiger partial charge in [0.2, 0.25) is 5.91 Å². The number of benzene rings is 2. The summed E-state index contributed by atoms with van der Waals surface area (Å²) >= 11 is 11.4. The maximum Gasteiger partial charge on any atom is 0.258 e. The van der Waals surface area contributed by atoms with Gasteiger partial charge in [0.05, 0.1) is 13.1 Å². The van der Waals surface area contributed by atoms with E-state index in [4.69, 9.17) is 37.6 Å². The molecule has 1 N–H and O–H groups in total. The molecule has 268 valence electrons. The lowest BCUT2D eigenvalue weighted by atomic mass is 9.96. The van der Waals surface area contributed by atoms with Gasteiger partial charge in [0.25, 0.3) is 11.8 Å². The van der Waals surface area contributed by atoms with Crippen molar-refractivity contribution in [1.82, 2.24) is 20.0 Å². The van der Waals surface area contributed by atoms with Gasteiger partial charge in [-0.1, -0.05) is 12.1 Å². The highest BCUT2D eigenvalue weighted by atomic mass is 32.1. The number of likely N-dealkylation sites (tertiary alicyclic amines) is 1. The average molecular weight is 727 g/mol. The van der Waals surface area contributed by atoms with E-state index in [0.29, 0.717) is 40.4 Å². The molecule has 0 saturated carbocycles. The zero-order valence-corrected chi connectivity index (χ0v) is 32.1. The van der Waals surface area contributed by atoms with Gasteiger partial charge in [-0.25, -0.2) is 9.69 Å². The molecule has 4 saturated heterocycles. The number of piperidine rings is 2. The molecule has 13 heteroatoms. The molecule has 0 radical (unpaired) electrons. The topological polar surface area (TPSA) is 88.2 Å². The van der Waals surface area contributed by atoms with E-state index in [-0.39, 0.29) is 29.8 Å². The number of hydrogen-bond acceptors (Lipinski definition) is 6. The van der Waals surface area contributed by atoms with Crippen LogP contribution in [0.5, 0.6) is 0 Å². The Morgan fingerprint density at radius 1 is 0.745 bits per heavy atom. The molecule has 51 heavy (non-hydrogen) atoms. The first kappa shape index (κ1) is 37.8. The fourth-order valence-corrected chi connectivity index (χ4v) is 8.74. The summed E-state index contributed by atoms with van der Waals surface area (Å²) in [6.45, 7) is 30.7. The van der Waals surface area contributed by atoms with Crippen molar-refractivity contribution < 1.29 is 14.4 Å². The van der Waals surface area contributed by atoms with Crippen LogP contribution in [0.4, 0.5) is 22.7 Å². The monoisotopic (exact) mass is 726 g/mol. The number of carbonyl (C=O) groups is 3. The number of amides is 3. The number of nitrogens with zero attached hydrogens (tertiary/aromatic N) is 7. The van der Waals surface area contributed by atoms with Crippen LogP contribution in [0.15, 0.2) is 36.4 Å².